The van der Waals surface area contributed by atoms with Crippen molar-refractivity contribution in [3.63, 3.8) is 0 Å². The summed E-state index contributed by atoms with van der Waals surface area (Å²) in [5.74, 6) is 0.491. The lowest BCUT2D eigenvalue weighted by atomic mass is 10.2. The van der Waals surface area contributed by atoms with Crippen molar-refractivity contribution in [1.29, 1.82) is 0 Å². The van der Waals surface area contributed by atoms with E-state index in [9.17, 15) is 4.79 Å². The van der Waals surface area contributed by atoms with Gasteiger partial charge < -0.3 is 9.64 Å². The number of morpholine rings is 1. The Morgan fingerprint density at radius 2 is 2.19 bits per heavy atom. The van der Waals surface area contributed by atoms with Gasteiger partial charge in [0.1, 0.15) is 9.33 Å². The average molecular weight is 347 g/mol. The molecule has 21 heavy (non-hydrogen) atoms. The predicted molar refractivity (Wildman–Crippen MR) is 90.1 cm³/mol. The minimum atomic E-state index is -0.109. The van der Waals surface area contributed by atoms with Crippen LogP contribution in [0.4, 0.5) is 5.13 Å². The molecule has 0 radical (unpaired) electrons. The largest absolute Gasteiger partial charge is 0.378 e. The summed E-state index contributed by atoms with van der Waals surface area (Å²) >= 11 is 8.10. The Morgan fingerprint density at radius 3 is 2.81 bits per heavy atom. The molecule has 2 heterocycles. The number of carbonyl (C=O) groups is 1. The van der Waals surface area contributed by atoms with E-state index < -0.39 is 0 Å². The molecule has 0 bridgehead atoms. The highest BCUT2D eigenvalue weighted by Crippen LogP contribution is 2.22. The minimum Gasteiger partial charge on any atom is -0.378 e. The number of rotatable bonds is 4. The van der Waals surface area contributed by atoms with Gasteiger partial charge in [-0.05, 0) is 0 Å². The highest BCUT2D eigenvalue weighted by atomic mass is 32.2. The highest BCUT2D eigenvalue weighted by Gasteiger charge is 2.16. The summed E-state index contributed by atoms with van der Waals surface area (Å²) in [7, 11) is 0. The summed E-state index contributed by atoms with van der Waals surface area (Å²) in [6, 6.07) is 0. The van der Waals surface area contributed by atoms with Crippen LogP contribution in [0.1, 0.15) is 24.8 Å². The molecule has 0 spiro atoms. The van der Waals surface area contributed by atoms with Gasteiger partial charge in [0.25, 0.3) is 0 Å². The van der Waals surface area contributed by atoms with Crippen molar-refractivity contribution >= 4 is 50.7 Å². The van der Waals surface area contributed by atoms with Gasteiger partial charge in [-0.25, -0.2) is 0 Å². The molecule has 1 saturated heterocycles. The van der Waals surface area contributed by atoms with Gasteiger partial charge in [0.15, 0.2) is 0 Å². The molecular weight excluding hydrogens is 328 g/mol. The average Bonchev–Trinajstić information content (AvgIpc) is 2.94. The first kappa shape index (κ1) is 16.6. The molecule has 1 aromatic rings. The zero-order valence-electron chi connectivity index (χ0n) is 12.0. The number of anilines is 1. The van der Waals surface area contributed by atoms with Gasteiger partial charge in [0.2, 0.25) is 11.0 Å². The van der Waals surface area contributed by atoms with Gasteiger partial charge in [-0.1, -0.05) is 49.2 Å². The molecule has 116 valence electrons. The van der Waals surface area contributed by atoms with Gasteiger partial charge >= 0.3 is 0 Å². The van der Waals surface area contributed by atoms with E-state index in [4.69, 9.17) is 17.0 Å². The number of nitrogens with zero attached hydrogens (tertiary/aromatic N) is 3. The van der Waals surface area contributed by atoms with Crippen molar-refractivity contribution in [2.75, 3.05) is 37.4 Å². The van der Waals surface area contributed by atoms with Gasteiger partial charge in [-0.2, -0.15) is 0 Å². The predicted octanol–water partition coefficient (Wildman–Crippen LogP) is 1.95. The van der Waals surface area contributed by atoms with Crippen LogP contribution in [0.2, 0.25) is 0 Å². The number of hydrogen-bond donors (Lipinski definition) is 1. The van der Waals surface area contributed by atoms with Gasteiger partial charge in [-0.3, -0.25) is 10.1 Å². The van der Waals surface area contributed by atoms with Crippen molar-refractivity contribution in [3.8, 4) is 0 Å². The molecule has 1 fully saturated rings. The normalized spacial score (nSPS) is 15.3. The third-order valence-corrected chi connectivity index (χ3v) is 5.44. The molecule has 6 nitrogen and oxygen atoms in total. The van der Waals surface area contributed by atoms with Crippen molar-refractivity contribution in [1.82, 2.24) is 15.1 Å². The number of thioether (sulfide) groups is 1. The van der Waals surface area contributed by atoms with E-state index in [1.54, 1.807) is 0 Å². The molecule has 2 rings (SSSR count). The van der Waals surface area contributed by atoms with Crippen molar-refractivity contribution in [2.45, 2.75) is 19.8 Å². The topological polar surface area (TPSA) is 67.4 Å². The standard InChI is InChI=1S/C12H18N4O2S3/c1-8(2)10-14-15-11(21-10)13-9(17)7-20-12(19)16-3-5-18-6-4-16/h8H,3-7H2,1-2H3,(H,13,15,17). The number of carbonyl (C=O) groups excluding carboxylic acids is 1. The Kier molecular flexibility index (Phi) is 6.34. The van der Waals surface area contributed by atoms with E-state index in [1.165, 1.54) is 23.1 Å². The number of thiocarbonyl (C=S) groups is 1. The monoisotopic (exact) mass is 346 g/mol. The zero-order chi connectivity index (χ0) is 15.2. The summed E-state index contributed by atoms with van der Waals surface area (Å²) in [5, 5.41) is 12.2. The molecule has 1 N–H and O–H groups in total. The molecule has 0 aromatic carbocycles. The SMILES string of the molecule is CC(C)c1nnc(NC(=O)CSC(=S)N2CCOCC2)s1. The molecule has 1 amide bonds. The Labute approximate surface area is 137 Å². The van der Waals surface area contributed by atoms with Crippen molar-refractivity contribution in [2.24, 2.45) is 0 Å². The summed E-state index contributed by atoms with van der Waals surface area (Å²) in [4.78, 5) is 14.0. The lowest BCUT2D eigenvalue weighted by molar-refractivity contribution is -0.113. The molecule has 0 saturated carbocycles. The maximum atomic E-state index is 11.9. The maximum absolute atomic E-state index is 11.9. The van der Waals surface area contributed by atoms with E-state index in [1.807, 2.05) is 13.8 Å². The van der Waals surface area contributed by atoms with Crippen LogP contribution in [0.25, 0.3) is 0 Å². The fourth-order valence-electron chi connectivity index (χ4n) is 1.64. The van der Waals surface area contributed by atoms with E-state index in [-0.39, 0.29) is 11.7 Å². The van der Waals surface area contributed by atoms with Crippen LogP contribution in [0, 0.1) is 0 Å². The highest BCUT2D eigenvalue weighted by molar-refractivity contribution is 8.23. The second kappa shape index (κ2) is 8.02. The third kappa shape index (κ3) is 5.17. The first-order valence-corrected chi connectivity index (χ1v) is 8.90. The summed E-state index contributed by atoms with van der Waals surface area (Å²) in [6.45, 7) is 7.06. The second-order valence-corrected chi connectivity index (χ2v) is 7.42. The molecule has 9 heteroatoms. The van der Waals surface area contributed by atoms with E-state index >= 15 is 0 Å². The molecular formula is C12H18N4O2S3. The number of nitrogens with one attached hydrogen (secondary N) is 1. The number of hydrogen-bond acceptors (Lipinski definition) is 7. The van der Waals surface area contributed by atoms with Crippen LogP contribution in [0.3, 0.4) is 0 Å². The van der Waals surface area contributed by atoms with Crippen LogP contribution in [-0.4, -0.2) is 57.4 Å². The van der Waals surface area contributed by atoms with E-state index in [2.05, 4.69) is 20.4 Å². The van der Waals surface area contributed by atoms with Crippen LogP contribution >= 0.6 is 35.3 Å². The molecule has 0 atom stereocenters. The lowest BCUT2D eigenvalue weighted by Gasteiger charge is -2.28. The Morgan fingerprint density at radius 1 is 1.48 bits per heavy atom. The van der Waals surface area contributed by atoms with Gasteiger partial charge in [0.05, 0.1) is 19.0 Å². The van der Waals surface area contributed by atoms with E-state index in [0.29, 0.717) is 24.3 Å². The second-order valence-electron chi connectivity index (χ2n) is 4.80. The van der Waals surface area contributed by atoms with Crippen LogP contribution in [-0.2, 0) is 9.53 Å². The smallest absolute Gasteiger partial charge is 0.236 e. The van der Waals surface area contributed by atoms with Crippen LogP contribution in [0.15, 0.2) is 0 Å². The van der Waals surface area contributed by atoms with Gasteiger partial charge in [-0.15, -0.1) is 10.2 Å². The van der Waals surface area contributed by atoms with Gasteiger partial charge in [0, 0.05) is 19.0 Å². The van der Waals surface area contributed by atoms with Crippen molar-refractivity contribution < 1.29 is 9.53 Å². The van der Waals surface area contributed by atoms with E-state index in [0.717, 1.165) is 22.4 Å². The minimum absolute atomic E-state index is 0.109. The third-order valence-electron chi connectivity index (χ3n) is 2.78. The van der Waals surface area contributed by atoms with Crippen LogP contribution < -0.4 is 5.32 Å². The lowest BCUT2D eigenvalue weighted by Crippen LogP contribution is -2.39. The molecule has 1 aliphatic heterocycles. The Balaban J connectivity index is 1.74. The molecule has 1 aromatic heterocycles. The van der Waals surface area contributed by atoms with Crippen molar-refractivity contribution in [3.05, 3.63) is 5.01 Å². The summed E-state index contributed by atoms with van der Waals surface area (Å²) in [6.07, 6.45) is 0. The zero-order valence-corrected chi connectivity index (χ0v) is 14.4. The number of amides is 1. The fourth-order valence-corrected chi connectivity index (χ4v) is 3.45. The molecule has 0 aliphatic carbocycles. The quantitative estimate of drug-likeness (QED) is 0.836. The summed E-state index contributed by atoms with van der Waals surface area (Å²) in [5.41, 5.74) is 0. The fraction of sp³-hybridized carbons (Fsp3) is 0.667. The first-order chi connectivity index (χ1) is 10.1. The Hall–Kier alpha value is -0.770. The Bertz CT molecular complexity index is 500. The molecule has 0 unspecified atom stereocenters. The number of ether oxygens (including phenoxy) is 1. The summed E-state index contributed by atoms with van der Waals surface area (Å²) < 4.78 is 6.02. The maximum Gasteiger partial charge on any atom is 0.236 e. The number of aromatic nitrogens is 2. The van der Waals surface area contributed by atoms with Crippen LogP contribution in [0.5, 0.6) is 0 Å². The molecule has 1 aliphatic rings. The first-order valence-electron chi connectivity index (χ1n) is 6.69.